The number of nitrogens with one attached hydrogen (secondary N) is 1. The molecule has 2 bridgehead atoms. The number of hydrogen-bond acceptors (Lipinski definition) is 6. The first-order valence-corrected chi connectivity index (χ1v) is 10.5. The van der Waals surface area contributed by atoms with Crippen molar-refractivity contribution in [1.82, 2.24) is 20.3 Å². The fourth-order valence-electron chi connectivity index (χ4n) is 4.72. The summed E-state index contributed by atoms with van der Waals surface area (Å²) >= 11 is 0. The van der Waals surface area contributed by atoms with Gasteiger partial charge in [0.15, 0.2) is 5.82 Å². The highest BCUT2D eigenvalue weighted by atomic mass is 19.1. The summed E-state index contributed by atoms with van der Waals surface area (Å²) in [4.78, 5) is 15.4. The monoisotopic (exact) mass is 425 g/mol. The van der Waals surface area contributed by atoms with E-state index in [1.165, 1.54) is 21.0 Å². The molecule has 0 amide bonds. The predicted molar refractivity (Wildman–Crippen MR) is 116 cm³/mol. The van der Waals surface area contributed by atoms with Crippen LogP contribution >= 0.6 is 0 Å². The van der Waals surface area contributed by atoms with Crippen molar-refractivity contribution in [3.8, 4) is 17.3 Å². The van der Waals surface area contributed by atoms with Gasteiger partial charge in [0.25, 0.3) is 0 Å². The first-order valence-electron chi connectivity index (χ1n) is 10.5. The smallest absolute Gasteiger partial charge is 0.318 e. The second-order valence-electron chi connectivity index (χ2n) is 8.78. The Hall–Kier alpha value is -2.87. The minimum atomic E-state index is -1.64. The number of anilines is 1. The minimum absolute atomic E-state index is 0.0703. The molecule has 162 valence electrons. The second-order valence-corrected chi connectivity index (χ2v) is 8.78. The number of pyridine rings is 1. The van der Waals surface area contributed by atoms with Crippen molar-refractivity contribution in [2.45, 2.75) is 44.4 Å². The van der Waals surface area contributed by atoms with Crippen molar-refractivity contribution in [2.24, 2.45) is 0 Å². The molecule has 4 heterocycles. The number of rotatable bonds is 4. The summed E-state index contributed by atoms with van der Waals surface area (Å²) in [6.07, 6.45) is 3.83. The standard InChI is InChI=1S/C23H25F2N5O/c1-23(2,25)17-7-5-4-6-15(17)19-18(24)20-16(10-26-19)21(29-22(28-20)31-3)30-11-13-8-9-14(12-30)27-13/h4-7,10,13-14,27H,8-9,11-12H2,1-3H3. The van der Waals surface area contributed by atoms with Gasteiger partial charge in [-0.25, -0.2) is 8.78 Å². The number of benzene rings is 1. The number of halogens is 2. The van der Waals surface area contributed by atoms with E-state index >= 15 is 4.39 Å². The summed E-state index contributed by atoms with van der Waals surface area (Å²) in [5.41, 5.74) is -0.659. The third kappa shape index (κ3) is 3.48. The molecule has 2 aliphatic heterocycles. The molecule has 1 N–H and O–H groups in total. The van der Waals surface area contributed by atoms with Gasteiger partial charge >= 0.3 is 6.01 Å². The van der Waals surface area contributed by atoms with Crippen LogP contribution in [0.1, 0.15) is 32.3 Å². The predicted octanol–water partition coefficient (Wildman–Crippen LogP) is 3.98. The molecule has 2 unspecified atom stereocenters. The Morgan fingerprint density at radius 1 is 1.13 bits per heavy atom. The molecule has 6 nitrogen and oxygen atoms in total. The van der Waals surface area contributed by atoms with Gasteiger partial charge in [0, 0.05) is 36.9 Å². The lowest BCUT2D eigenvalue weighted by molar-refractivity contribution is 0.222. The number of ether oxygens (including phenoxy) is 1. The average molecular weight is 425 g/mol. The van der Waals surface area contributed by atoms with E-state index in [1.54, 1.807) is 30.5 Å². The summed E-state index contributed by atoms with van der Waals surface area (Å²) in [5.74, 6) is 0.0200. The second kappa shape index (κ2) is 7.37. The van der Waals surface area contributed by atoms with Gasteiger partial charge in [0.05, 0.1) is 12.5 Å². The number of aromatic nitrogens is 3. The molecule has 0 spiro atoms. The quantitative estimate of drug-likeness (QED) is 0.682. The number of nitrogens with zero attached hydrogens (tertiary/aromatic N) is 4. The lowest BCUT2D eigenvalue weighted by Gasteiger charge is -2.34. The van der Waals surface area contributed by atoms with E-state index < -0.39 is 11.5 Å². The zero-order valence-electron chi connectivity index (χ0n) is 17.8. The van der Waals surface area contributed by atoms with Crippen LogP contribution in [0.15, 0.2) is 30.5 Å². The van der Waals surface area contributed by atoms with Crippen molar-refractivity contribution < 1.29 is 13.5 Å². The minimum Gasteiger partial charge on any atom is -0.467 e. The van der Waals surface area contributed by atoms with E-state index in [0.29, 0.717) is 34.4 Å². The normalized spacial score (nSPS) is 21.0. The molecule has 3 aromatic rings. The Bertz CT molecular complexity index is 1130. The van der Waals surface area contributed by atoms with E-state index in [-0.39, 0.29) is 17.2 Å². The Labute approximate surface area is 179 Å². The third-order valence-electron chi connectivity index (χ3n) is 6.16. The van der Waals surface area contributed by atoms with Gasteiger partial charge in [0.1, 0.15) is 22.7 Å². The number of methoxy groups -OCH3 is 1. The van der Waals surface area contributed by atoms with E-state index in [2.05, 4.69) is 25.2 Å². The zero-order valence-corrected chi connectivity index (χ0v) is 17.8. The topological polar surface area (TPSA) is 63.2 Å². The highest BCUT2D eigenvalue weighted by Gasteiger charge is 2.34. The maximum absolute atomic E-state index is 15.8. The molecular formula is C23H25F2N5O. The van der Waals surface area contributed by atoms with Crippen LogP contribution in [-0.4, -0.2) is 47.2 Å². The maximum Gasteiger partial charge on any atom is 0.318 e. The number of hydrogen-bond donors (Lipinski definition) is 1. The number of fused-ring (bicyclic) bond motifs is 3. The third-order valence-corrected chi connectivity index (χ3v) is 6.16. The number of alkyl halides is 1. The highest BCUT2D eigenvalue weighted by Crippen LogP contribution is 2.37. The summed E-state index contributed by atoms with van der Waals surface area (Å²) in [6, 6.07) is 7.71. The molecule has 8 heteroatoms. The van der Waals surface area contributed by atoms with Crippen molar-refractivity contribution in [2.75, 3.05) is 25.1 Å². The first kappa shape index (κ1) is 20.1. The molecule has 2 aromatic heterocycles. The van der Waals surface area contributed by atoms with Gasteiger partial charge in [0.2, 0.25) is 0 Å². The molecule has 2 atom stereocenters. The summed E-state index contributed by atoms with van der Waals surface area (Å²) in [5, 5.41) is 4.12. The summed E-state index contributed by atoms with van der Waals surface area (Å²) < 4.78 is 35.9. The number of piperazine rings is 1. The van der Waals surface area contributed by atoms with E-state index in [9.17, 15) is 4.39 Å². The molecule has 5 rings (SSSR count). The lowest BCUT2D eigenvalue weighted by Crippen LogP contribution is -2.51. The molecule has 0 aliphatic carbocycles. The molecule has 31 heavy (non-hydrogen) atoms. The van der Waals surface area contributed by atoms with Crippen molar-refractivity contribution in [3.63, 3.8) is 0 Å². The van der Waals surface area contributed by atoms with Crippen LogP contribution in [0.5, 0.6) is 6.01 Å². The maximum atomic E-state index is 15.8. The fourth-order valence-corrected chi connectivity index (χ4v) is 4.72. The molecule has 0 radical (unpaired) electrons. The van der Waals surface area contributed by atoms with Gasteiger partial charge in [-0.15, -0.1) is 0 Å². The van der Waals surface area contributed by atoms with Crippen LogP contribution in [0.4, 0.5) is 14.6 Å². The van der Waals surface area contributed by atoms with E-state index in [1.807, 2.05) is 0 Å². The van der Waals surface area contributed by atoms with E-state index in [0.717, 1.165) is 25.9 Å². The van der Waals surface area contributed by atoms with Gasteiger partial charge in [-0.05, 0) is 32.3 Å². The van der Waals surface area contributed by atoms with Crippen LogP contribution in [0.25, 0.3) is 22.2 Å². The Morgan fingerprint density at radius 2 is 1.84 bits per heavy atom. The largest absolute Gasteiger partial charge is 0.467 e. The lowest BCUT2D eigenvalue weighted by atomic mass is 9.92. The van der Waals surface area contributed by atoms with Crippen LogP contribution in [0, 0.1) is 5.82 Å². The van der Waals surface area contributed by atoms with Crippen LogP contribution in [-0.2, 0) is 5.67 Å². The molecule has 2 saturated heterocycles. The van der Waals surface area contributed by atoms with Gasteiger partial charge in [-0.3, -0.25) is 4.98 Å². The summed E-state index contributed by atoms with van der Waals surface area (Å²) in [7, 11) is 1.47. The Balaban J connectivity index is 1.68. The average Bonchev–Trinajstić information content (AvgIpc) is 3.10. The zero-order chi connectivity index (χ0) is 21.8. The van der Waals surface area contributed by atoms with Gasteiger partial charge in [-0.1, -0.05) is 24.3 Å². The highest BCUT2D eigenvalue weighted by molar-refractivity contribution is 5.92. The van der Waals surface area contributed by atoms with Crippen molar-refractivity contribution in [1.29, 1.82) is 0 Å². The van der Waals surface area contributed by atoms with Crippen molar-refractivity contribution in [3.05, 3.63) is 41.8 Å². The van der Waals surface area contributed by atoms with Crippen LogP contribution < -0.4 is 15.0 Å². The van der Waals surface area contributed by atoms with Crippen molar-refractivity contribution >= 4 is 16.7 Å². The van der Waals surface area contributed by atoms with Gasteiger partial charge in [-0.2, -0.15) is 9.97 Å². The first-order chi connectivity index (χ1) is 14.8. The Morgan fingerprint density at radius 3 is 2.52 bits per heavy atom. The molecule has 1 aromatic carbocycles. The van der Waals surface area contributed by atoms with Gasteiger partial charge < -0.3 is 15.0 Å². The molecule has 2 fully saturated rings. The molecule has 0 saturated carbocycles. The summed E-state index contributed by atoms with van der Waals surface area (Å²) in [6.45, 7) is 4.47. The Kier molecular flexibility index (Phi) is 4.77. The molecule has 2 aliphatic rings. The van der Waals surface area contributed by atoms with Crippen LogP contribution in [0.2, 0.25) is 0 Å². The fraction of sp³-hybridized carbons (Fsp3) is 0.435. The van der Waals surface area contributed by atoms with Crippen LogP contribution in [0.3, 0.4) is 0 Å². The SMILES string of the molecule is COc1nc(N2CC3CCC(C2)N3)c2cnc(-c3ccccc3C(C)(C)F)c(F)c2n1. The molecular weight excluding hydrogens is 400 g/mol. The van der Waals surface area contributed by atoms with E-state index in [4.69, 9.17) is 4.74 Å².